The standard InChI is InChI=1S/C24H32FN5O/c1-17-13-22(30(27-17)24(2,3)4)23(31)29(12-11-28-9-5-6-10-28)16-18-15-26-21-8-7-19(25)14-20(18)21/h7-8,13-15,26H,5-6,9-12,16H2,1-4H3. The van der Waals surface area contributed by atoms with Gasteiger partial charge >= 0.3 is 0 Å². The van der Waals surface area contributed by atoms with Crippen LogP contribution in [0.15, 0.2) is 30.5 Å². The summed E-state index contributed by atoms with van der Waals surface area (Å²) in [7, 11) is 0. The van der Waals surface area contributed by atoms with Gasteiger partial charge in [-0.2, -0.15) is 5.10 Å². The van der Waals surface area contributed by atoms with Crippen molar-refractivity contribution in [3.05, 3.63) is 53.2 Å². The van der Waals surface area contributed by atoms with Gasteiger partial charge in [0.2, 0.25) is 0 Å². The van der Waals surface area contributed by atoms with Crippen LogP contribution in [0, 0.1) is 12.7 Å². The number of likely N-dealkylation sites (tertiary alicyclic amines) is 1. The van der Waals surface area contributed by atoms with Crippen molar-refractivity contribution in [2.75, 3.05) is 26.2 Å². The van der Waals surface area contributed by atoms with Crippen molar-refractivity contribution >= 4 is 16.8 Å². The van der Waals surface area contributed by atoms with Crippen molar-refractivity contribution in [3.63, 3.8) is 0 Å². The van der Waals surface area contributed by atoms with Gasteiger partial charge in [-0.05, 0) is 83.5 Å². The number of benzene rings is 1. The zero-order valence-corrected chi connectivity index (χ0v) is 18.9. The van der Waals surface area contributed by atoms with Crippen LogP contribution in [0.2, 0.25) is 0 Å². The lowest BCUT2D eigenvalue weighted by molar-refractivity contribution is 0.0707. The van der Waals surface area contributed by atoms with Gasteiger partial charge in [0, 0.05) is 36.7 Å². The number of H-pyrrole nitrogens is 1. The van der Waals surface area contributed by atoms with Crippen molar-refractivity contribution in [1.29, 1.82) is 0 Å². The van der Waals surface area contributed by atoms with Crippen LogP contribution in [0.4, 0.5) is 4.39 Å². The Labute approximate surface area is 183 Å². The molecule has 4 rings (SSSR count). The van der Waals surface area contributed by atoms with E-state index in [1.54, 1.807) is 6.07 Å². The predicted octanol–water partition coefficient (Wildman–Crippen LogP) is 4.31. The topological polar surface area (TPSA) is 57.2 Å². The number of carbonyl (C=O) groups is 1. The SMILES string of the molecule is Cc1cc(C(=O)N(CCN2CCCC2)Cc2c[nH]c3ccc(F)cc23)n(C(C)(C)C)n1. The first-order valence-corrected chi connectivity index (χ1v) is 11.1. The normalized spacial score (nSPS) is 15.1. The maximum atomic E-state index is 13.9. The lowest BCUT2D eigenvalue weighted by atomic mass is 10.1. The number of amides is 1. The molecular weight excluding hydrogens is 393 g/mol. The quantitative estimate of drug-likeness (QED) is 0.640. The van der Waals surface area contributed by atoms with Gasteiger partial charge < -0.3 is 14.8 Å². The Morgan fingerprint density at radius 2 is 1.97 bits per heavy atom. The number of fused-ring (bicyclic) bond motifs is 1. The van der Waals surface area contributed by atoms with Crippen LogP contribution in [0.3, 0.4) is 0 Å². The number of rotatable bonds is 6. The summed E-state index contributed by atoms with van der Waals surface area (Å²) in [6, 6.07) is 6.59. The predicted molar refractivity (Wildman–Crippen MR) is 121 cm³/mol. The number of aryl methyl sites for hydroxylation is 1. The van der Waals surface area contributed by atoms with Crippen LogP contribution in [-0.2, 0) is 12.1 Å². The van der Waals surface area contributed by atoms with Gasteiger partial charge in [0.25, 0.3) is 5.91 Å². The number of carbonyl (C=O) groups excluding carboxylic acids is 1. The van der Waals surface area contributed by atoms with Crippen molar-refractivity contribution in [3.8, 4) is 0 Å². The summed E-state index contributed by atoms with van der Waals surface area (Å²) < 4.78 is 15.7. The molecule has 31 heavy (non-hydrogen) atoms. The van der Waals surface area contributed by atoms with E-state index in [0.717, 1.165) is 41.8 Å². The highest BCUT2D eigenvalue weighted by Crippen LogP contribution is 2.24. The second-order valence-corrected chi connectivity index (χ2v) is 9.53. The monoisotopic (exact) mass is 425 g/mol. The summed E-state index contributed by atoms with van der Waals surface area (Å²) in [6.07, 6.45) is 4.31. The fourth-order valence-corrected chi connectivity index (χ4v) is 4.33. The lowest BCUT2D eigenvalue weighted by Crippen LogP contribution is -2.39. The third kappa shape index (κ3) is 4.66. The molecule has 0 spiro atoms. The Bertz CT molecular complexity index is 1070. The van der Waals surface area contributed by atoms with Crippen molar-refractivity contribution < 1.29 is 9.18 Å². The molecular formula is C24H32FN5O. The third-order valence-electron chi connectivity index (χ3n) is 5.95. The second-order valence-electron chi connectivity index (χ2n) is 9.53. The molecule has 6 nitrogen and oxygen atoms in total. The zero-order chi connectivity index (χ0) is 22.2. The van der Waals surface area contributed by atoms with Crippen LogP contribution in [0.25, 0.3) is 10.9 Å². The molecule has 1 saturated heterocycles. The van der Waals surface area contributed by atoms with E-state index >= 15 is 0 Å². The first-order chi connectivity index (χ1) is 14.7. The first kappa shape index (κ1) is 21.6. The number of halogens is 1. The highest BCUT2D eigenvalue weighted by atomic mass is 19.1. The van der Waals surface area contributed by atoms with E-state index in [9.17, 15) is 9.18 Å². The Morgan fingerprint density at radius 1 is 1.23 bits per heavy atom. The molecule has 2 aromatic heterocycles. The van der Waals surface area contributed by atoms with Gasteiger partial charge in [0.15, 0.2) is 0 Å². The second kappa shape index (κ2) is 8.46. The Kier molecular flexibility index (Phi) is 5.88. The average molecular weight is 426 g/mol. The molecule has 0 aliphatic carbocycles. The fourth-order valence-electron chi connectivity index (χ4n) is 4.33. The Balaban J connectivity index is 1.65. The zero-order valence-electron chi connectivity index (χ0n) is 18.9. The summed E-state index contributed by atoms with van der Waals surface area (Å²) in [5.74, 6) is -0.315. The van der Waals surface area contributed by atoms with E-state index in [-0.39, 0.29) is 17.3 Å². The van der Waals surface area contributed by atoms with Gasteiger partial charge in [0.1, 0.15) is 11.5 Å². The number of aromatic nitrogens is 3. The summed E-state index contributed by atoms with van der Waals surface area (Å²) in [5.41, 5.74) is 2.91. The molecule has 1 amide bonds. The molecule has 1 fully saturated rings. The molecule has 1 N–H and O–H groups in total. The maximum absolute atomic E-state index is 13.9. The molecule has 1 aliphatic rings. The average Bonchev–Trinajstić information content (AvgIpc) is 3.44. The fraction of sp³-hybridized carbons (Fsp3) is 0.500. The highest BCUT2D eigenvalue weighted by Gasteiger charge is 2.27. The third-order valence-corrected chi connectivity index (χ3v) is 5.95. The molecule has 7 heteroatoms. The molecule has 3 aromatic rings. The number of nitrogens with zero attached hydrogens (tertiary/aromatic N) is 4. The molecule has 1 aromatic carbocycles. The van der Waals surface area contributed by atoms with E-state index in [0.29, 0.717) is 18.8 Å². The Morgan fingerprint density at radius 3 is 2.68 bits per heavy atom. The van der Waals surface area contributed by atoms with Crippen molar-refractivity contribution in [1.82, 2.24) is 24.6 Å². The van der Waals surface area contributed by atoms with E-state index in [4.69, 9.17) is 0 Å². The molecule has 0 radical (unpaired) electrons. The Hall–Kier alpha value is -2.67. The number of hydrogen-bond acceptors (Lipinski definition) is 3. The number of nitrogens with one attached hydrogen (secondary N) is 1. The van der Waals surface area contributed by atoms with E-state index in [1.165, 1.54) is 25.0 Å². The van der Waals surface area contributed by atoms with Crippen molar-refractivity contribution in [2.24, 2.45) is 0 Å². The minimum atomic E-state index is -0.302. The number of hydrogen-bond donors (Lipinski definition) is 1. The summed E-state index contributed by atoms with van der Waals surface area (Å²) >= 11 is 0. The van der Waals surface area contributed by atoms with Gasteiger partial charge in [-0.1, -0.05) is 0 Å². The highest BCUT2D eigenvalue weighted by molar-refractivity contribution is 5.93. The first-order valence-electron chi connectivity index (χ1n) is 11.1. The molecule has 0 saturated carbocycles. The molecule has 0 atom stereocenters. The van der Waals surface area contributed by atoms with Gasteiger partial charge in [-0.3, -0.25) is 9.48 Å². The summed E-state index contributed by atoms with van der Waals surface area (Å²) in [6.45, 7) is 12.1. The van der Waals surface area contributed by atoms with E-state index in [2.05, 4.69) is 15.0 Å². The van der Waals surface area contributed by atoms with Crippen LogP contribution in [0.5, 0.6) is 0 Å². The molecule has 0 bridgehead atoms. The smallest absolute Gasteiger partial charge is 0.272 e. The summed E-state index contributed by atoms with van der Waals surface area (Å²) in [5, 5.41) is 5.40. The van der Waals surface area contributed by atoms with Crippen LogP contribution in [0.1, 0.15) is 55.4 Å². The van der Waals surface area contributed by atoms with Gasteiger partial charge in [0.05, 0.1) is 11.2 Å². The molecule has 166 valence electrons. The van der Waals surface area contributed by atoms with Crippen LogP contribution in [-0.4, -0.2) is 56.7 Å². The number of aromatic amines is 1. The van der Waals surface area contributed by atoms with Gasteiger partial charge in [-0.15, -0.1) is 0 Å². The van der Waals surface area contributed by atoms with E-state index < -0.39 is 0 Å². The van der Waals surface area contributed by atoms with Crippen molar-refractivity contribution in [2.45, 2.75) is 52.6 Å². The minimum absolute atomic E-state index is 0.0412. The van der Waals surface area contributed by atoms with Gasteiger partial charge in [-0.25, -0.2) is 4.39 Å². The van der Waals surface area contributed by atoms with Crippen LogP contribution >= 0.6 is 0 Å². The van der Waals surface area contributed by atoms with E-state index in [1.807, 2.05) is 49.5 Å². The molecule has 3 heterocycles. The molecule has 1 aliphatic heterocycles. The van der Waals surface area contributed by atoms with Crippen LogP contribution < -0.4 is 0 Å². The lowest BCUT2D eigenvalue weighted by Gasteiger charge is -2.28. The minimum Gasteiger partial charge on any atom is -0.361 e. The summed E-state index contributed by atoms with van der Waals surface area (Å²) in [4.78, 5) is 21.2. The maximum Gasteiger partial charge on any atom is 0.272 e. The molecule has 0 unspecified atom stereocenters. The largest absolute Gasteiger partial charge is 0.361 e.